The van der Waals surface area contributed by atoms with Crippen molar-refractivity contribution in [2.45, 2.75) is 83.1 Å². The maximum Gasteiger partial charge on any atom is 0.256 e. The number of hydrogen-bond acceptors (Lipinski definition) is 3. The van der Waals surface area contributed by atoms with Crippen molar-refractivity contribution in [3.05, 3.63) is 59.2 Å². The Balaban J connectivity index is 1.42. The van der Waals surface area contributed by atoms with Crippen molar-refractivity contribution in [1.82, 2.24) is 5.32 Å². The van der Waals surface area contributed by atoms with Gasteiger partial charge in [0.1, 0.15) is 0 Å². The van der Waals surface area contributed by atoms with E-state index in [2.05, 4.69) is 63.5 Å². The molecule has 0 aliphatic heterocycles. The zero-order valence-corrected chi connectivity index (χ0v) is 22.6. The summed E-state index contributed by atoms with van der Waals surface area (Å²) in [5.41, 5.74) is 3.81. The molecule has 0 heterocycles. The summed E-state index contributed by atoms with van der Waals surface area (Å²) in [7, 11) is 0. The number of rotatable bonds is 9. The van der Waals surface area contributed by atoms with Crippen molar-refractivity contribution in [2.75, 3.05) is 11.1 Å². The van der Waals surface area contributed by atoms with Gasteiger partial charge in [-0.3, -0.25) is 9.59 Å². The predicted octanol–water partition coefficient (Wildman–Crippen LogP) is 7.22. The van der Waals surface area contributed by atoms with Crippen LogP contribution in [0.4, 0.5) is 5.69 Å². The lowest BCUT2D eigenvalue weighted by Crippen LogP contribution is -2.40. The summed E-state index contributed by atoms with van der Waals surface area (Å²) < 4.78 is 0. The minimum atomic E-state index is -0.126. The fourth-order valence-electron chi connectivity index (χ4n) is 6.11. The lowest BCUT2D eigenvalue weighted by atomic mass is 9.84. The summed E-state index contributed by atoms with van der Waals surface area (Å²) >= 11 is 1.44. The maximum absolute atomic E-state index is 13.4. The van der Waals surface area contributed by atoms with Gasteiger partial charge in [0.2, 0.25) is 5.91 Å². The highest BCUT2D eigenvalue weighted by atomic mass is 32.2. The van der Waals surface area contributed by atoms with E-state index in [1.165, 1.54) is 37.4 Å². The first-order valence-electron chi connectivity index (χ1n) is 13.2. The van der Waals surface area contributed by atoms with Gasteiger partial charge in [0.15, 0.2) is 0 Å². The second-order valence-corrected chi connectivity index (χ2v) is 12.1. The van der Waals surface area contributed by atoms with E-state index in [9.17, 15) is 9.59 Å². The highest BCUT2D eigenvalue weighted by molar-refractivity contribution is 8.00. The van der Waals surface area contributed by atoms with Crippen LogP contribution in [0.15, 0.2) is 47.4 Å². The topological polar surface area (TPSA) is 58.2 Å². The Morgan fingerprint density at radius 1 is 0.914 bits per heavy atom. The third-order valence-electron chi connectivity index (χ3n) is 7.93. The summed E-state index contributed by atoms with van der Waals surface area (Å²) in [4.78, 5) is 27.0. The van der Waals surface area contributed by atoms with Gasteiger partial charge in [-0.2, -0.15) is 0 Å². The molecule has 2 aromatic rings. The zero-order valence-electron chi connectivity index (χ0n) is 21.8. The van der Waals surface area contributed by atoms with Gasteiger partial charge in [0.25, 0.3) is 5.91 Å². The minimum Gasteiger partial charge on any atom is -0.353 e. The highest BCUT2D eigenvalue weighted by Crippen LogP contribution is 2.49. The Morgan fingerprint density at radius 2 is 1.60 bits per heavy atom. The molecule has 2 aliphatic carbocycles. The third-order valence-corrected chi connectivity index (χ3v) is 9.00. The van der Waals surface area contributed by atoms with Gasteiger partial charge in [-0.1, -0.05) is 64.4 Å². The van der Waals surface area contributed by atoms with E-state index < -0.39 is 0 Å². The van der Waals surface area contributed by atoms with Crippen LogP contribution in [0.25, 0.3) is 0 Å². The SMILES string of the molecule is CC(C)c1cccc(C(C)C)c1NC(=O)c1ccccc1SCC(=O)N[C@H](C)[C@H]1C[C@H]2CC[C@H]1C2. The number of carbonyl (C=O) groups is 2. The van der Waals surface area contributed by atoms with Crippen LogP contribution in [0, 0.1) is 17.8 Å². The number of fused-ring (bicyclic) bond motifs is 2. The summed E-state index contributed by atoms with van der Waals surface area (Å²) in [5.74, 6) is 3.13. The average molecular weight is 493 g/mol. The van der Waals surface area contributed by atoms with E-state index in [4.69, 9.17) is 0 Å². The predicted molar refractivity (Wildman–Crippen MR) is 146 cm³/mol. The van der Waals surface area contributed by atoms with Gasteiger partial charge in [-0.25, -0.2) is 0 Å². The molecule has 35 heavy (non-hydrogen) atoms. The molecule has 0 aromatic heterocycles. The van der Waals surface area contributed by atoms with E-state index in [1.54, 1.807) is 0 Å². The van der Waals surface area contributed by atoms with Gasteiger partial charge in [-0.05, 0) is 79.0 Å². The van der Waals surface area contributed by atoms with Crippen molar-refractivity contribution in [3.63, 3.8) is 0 Å². The fraction of sp³-hybridized carbons (Fsp3) is 0.533. The average Bonchev–Trinajstić information content (AvgIpc) is 3.46. The van der Waals surface area contributed by atoms with E-state index in [1.807, 2.05) is 24.3 Å². The molecule has 188 valence electrons. The van der Waals surface area contributed by atoms with Crippen molar-refractivity contribution in [1.29, 1.82) is 0 Å². The molecule has 4 atom stereocenters. The first-order chi connectivity index (χ1) is 16.7. The normalized spacial score (nSPS) is 22.0. The molecular weight excluding hydrogens is 452 g/mol. The molecule has 4 rings (SSSR count). The van der Waals surface area contributed by atoms with E-state index in [0.29, 0.717) is 29.1 Å². The zero-order chi connectivity index (χ0) is 25.1. The molecule has 2 fully saturated rings. The van der Waals surface area contributed by atoms with Crippen LogP contribution in [0.5, 0.6) is 0 Å². The van der Waals surface area contributed by atoms with E-state index in [-0.39, 0.29) is 17.9 Å². The summed E-state index contributed by atoms with van der Waals surface area (Å²) in [6.45, 7) is 10.8. The summed E-state index contributed by atoms with van der Waals surface area (Å²) in [6, 6.07) is 14.1. The number of anilines is 1. The van der Waals surface area contributed by atoms with Crippen molar-refractivity contribution < 1.29 is 9.59 Å². The molecule has 2 saturated carbocycles. The number of amides is 2. The van der Waals surface area contributed by atoms with Crippen molar-refractivity contribution >= 4 is 29.3 Å². The number of para-hydroxylation sites is 1. The van der Waals surface area contributed by atoms with Gasteiger partial charge >= 0.3 is 0 Å². The minimum absolute atomic E-state index is 0.0488. The van der Waals surface area contributed by atoms with Crippen LogP contribution in [-0.4, -0.2) is 23.6 Å². The molecule has 2 amide bonds. The molecule has 0 radical (unpaired) electrons. The fourth-order valence-corrected chi connectivity index (χ4v) is 6.97. The van der Waals surface area contributed by atoms with Gasteiger partial charge < -0.3 is 10.6 Å². The Labute approximate surface area is 215 Å². The van der Waals surface area contributed by atoms with Crippen LogP contribution in [0.2, 0.25) is 0 Å². The molecule has 4 nitrogen and oxygen atoms in total. The molecule has 5 heteroatoms. The largest absolute Gasteiger partial charge is 0.353 e. The maximum atomic E-state index is 13.4. The number of nitrogens with one attached hydrogen (secondary N) is 2. The van der Waals surface area contributed by atoms with E-state index >= 15 is 0 Å². The van der Waals surface area contributed by atoms with Crippen molar-refractivity contribution in [3.8, 4) is 0 Å². The molecule has 0 spiro atoms. The van der Waals surface area contributed by atoms with Crippen LogP contribution in [-0.2, 0) is 4.79 Å². The molecular formula is C30H40N2O2S. The Morgan fingerprint density at radius 3 is 2.20 bits per heavy atom. The number of hydrogen-bond donors (Lipinski definition) is 2. The monoisotopic (exact) mass is 492 g/mol. The lowest BCUT2D eigenvalue weighted by Gasteiger charge is -2.28. The number of thioether (sulfide) groups is 1. The third kappa shape index (κ3) is 5.94. The Kier molecular flexibility index (Phi) is 8.26. The summed E-state index contributed by atoms with van der Waals surface area (Å²) in [5, 5.41) is 6.46. The van der Waals surface area contributed by atoms with Crippen LogP contribution < -0.4 is 10.6 Å². The molecule has 2 aliphatic rings. The van der Waals surface area contributed by atoms with Crippen LogP contribution >= 0.6 is 11.8 Å². The van der Waals surface area contributed by atoms with Gasteiger partial charge in [-0.15, -0.1) is 11.8 Å². The number of carbonyl (C=O) groups excluding carboxylic acids is 2. The van der Waals surface area contributed by atoms with Crippen molar-refractivity contribution in [2.24, 2.45) is 17.8 Å². The quantitative estimate of drug-likeness (QED) is 0.363. The van der Waals surface area contributed by atoms with Gasteiger partial charge in [0, 0.05) is 16.6 Å². The summed E-state index contributed by atoms with van der Waals surface area (Å²) in [6.07, 6.45) is 5.31. The smallest absolute Gasteiger partial charge is 0.256 e. The highest BCUT2D eigenvalue weighted by Gasteiger charge is 2.42. The molecule has 2 N–H and O–H groups in total. The first-order valence-corrected chi connectivity index (χ1v) is 14.2. The standard InChI is InChI=1S/C30H40N2O2S/c1-18(2)23-10-8-11-24(19(3)4)29(23)32-30(34)25-9-6-7-12-27(25)35-17-28(33)31-20(5)26-16-21-13-14-22(26)15-21/h6-12,18-22,26H,13-17H2,1-5H3,(H,31,33)(H,32,34)/t20-,21+,22+,26-/m1/s1. The molecule has 0 unspecified atom stereocenters. The Bertz CT molecular complexity index is 1040. The van der Waals surface area contributed by atoms with Crippen LogP contribution in [0.1, 0.15) is 93.6 Å². The number of benzene rings is 2. The molecule has 2 bridgehead atoms. The molecule has 2 aromatic carbocycles. The molecule has 0 saturated heterocycles. The second-order valence-electron chi connectivity index (χ2n) is 11.1. The van der Waals surface area contributed by atoms with Crippen LogP contribution in [0.3, 0.4) is 0 Å². The lowest BCUT2D eigenvalue weighted by molar-refractivity contribution is -0.119. The first kappa shape index (κ1) is 25.8. The Hall–Kier alpha value is -2.27. The van der Waals surface area contributed by atoms with Gasteiger partial charge in [0.05, 0.1) is 11.3 Å². The van der Waals surface area contributed by atoms with E-state index in [0.717, 1.165) is 33.5 Å². The second kappa shape index (κ2) is 11.2.